The van der Waals surface area contributed by atoms with Gasteiger partial charge in [0, 0.05) is 44.3 Å². The highest BCUT2D eigenvalue weighted by Gasteiger charge is 2.24. The van der Waals surface area contributed by atoms with Crippen molar-refractivity contribution in [2.45, 2.75) is 37.5 Å². The Morgan fingerprint density at radius 2 is 1.24 bits per heavy atom. The molecule has 2 unspecified atom stereocenters. The first-order valence-electron chi connectivity index (χ1n) is 11.1. The minimum Gasteiger partial charge on any atom is -0.294 e. The van der Waals surface area contributed by atoms with E-state index < -0.39 is 16.7 Å². The van der Waals surface area contributed by atoms with Gasteiger partial charge in [-0.2, -0.15) is 0 Å². The number of benzene rings is 3. The molecule has 3 aromatic carbocycles. The smallest absolute Gasteiger partial charge is 0.167 e. The van der Waals surface area contributed by atoms with E-state index in [2.05, 4.69) is 0 Å². The molecule has 3 rings (SSSR count). The van der Waals surface area contributed by atoms with E-state index in [1.807, 2.05) is 76.2 Å². The zero-order valence-corrected chi connectivity index (χ0v) is 21.2. The average molecular weight is 479 g/mol. The standard InChI is InChI=1S/C28H30O3S2/c1-19(2)27(29)22-9-11-23(12-10-22)28(30)24(17-32-25-13-5-20(3)6-14-25)18-33(31)26-15-7-21(4)8-16-26/h5-16,19,24H,17-18H2,1-4H3. The number of hydrogen-bond acceptors (Lipinski definition) is 4. The van der Waals surface area contributed by atoms with Crippen molar-refractivity contribution in [1.29, 1.82) is 0 Å². The SMILES string of the molecule is Cc1ccc(SCC(CS(=O)c2ccc(C)cc2)C(=O)c2ccc(C(=O)C(C)C)cc2)cc1. The van der Waals surface area contributed by atoms with Crippen LogP contribution < -0.4 is 0 Å². The summed E-state index contributed by atoms with van der Waals surface area (Å²) in [7, 11) is -1.28. The van der Waals surface area contributed by atoms with E-state index in [9.17, 15) is 13.8 Å². The Hall–Kier alpha value is -2.50. The zero-order chi connectivity index (χ0) is 24.0. The molecule has 0 saturated heterocycles. The van der Waals surface area contributed by atoms with Crippen molar-refractivity contribution < 1.29 is 13.8 Å². The summed E-state index contributed by atoms with van der Waals surface area (Å²) in [6.07, 6.45) is 0. The van der Waals surface area contributed by atoms with E-state index in [4.69, 9.17) is 0 Å². The molecule has 0 fully saturated rings. The van der Waals surface area contributed by atoms with Crippen LogP contribution in [0.1, 0.15) is 45.7 Å². The number of Topliss-reactive ketones (excluding diaryl/α,β-unsaturated/α-hetero) is 2. The molecule has 0 aliphatic rings. The van der Waals surface area contributed by atoms with Crippen LogP contribution in [0.3, 0.4) is 0 Å². The van der Waals surface area contributed by atoms with Gasteiger partial charge < -0.3 is 0 Å². The summed E-state index contributed by atoms with van der Waals surface area (Å²) < 4.78 is 13.1. The predicted molar refractivity (Wildman–Crippen MR) is 138 cm³/mol. The third-order valence-electron chi connectivity index (χ3n) is 5.46. The Kier molecular flexibility index (Phi) is 8.81. The zero-order valence-electron chi connectivity index (χ0n) is 19.5. The lowest BCUT2D eigenvalue weighted by molar-refractivity contribution is 0.0930. The monoisotopic (exact) mass is 478 g/mol. The van der Waals surface area contributed by atoms with Crippen molar-refractivity contribution in [3.63, 3.8) is 0 Å². The van der Waals surface area contributed by atoms with E-state index >= 15 is 0 Å². The summed E-state index contributed by atoms with van der Waals surface area (Å²) in [4.78, 5) is 27.5. The lowest BCUT2D eigenvalue weighted by atomic mass is 9.96. The first kappa shape index (κ1) is 25.1. The number of rotatable bonds is 10. The Bertz CT molecular complexity index is 1120. The Labute approximate surface area is 203 Å². The van der Waals surface area contributed by atoms with Gasteiger partial charge in [0.15, 0.2) is 11.6 Å². The van der Waals surface area contributed by atoms with Crippen molar-refractivity contribution in [3.8, 4) is 0 Å². The van der Waals surface area contributed by atoms with E-state index in [1.54, 1.807) is 36.0 Å². The van der Waals surface area contributed by atoms with Gasteiger partial charge in [0.1, 0.15) is 0 Å². The summed E-state index contributed by atoms with van der Waals surface area (Å²) in [5.74, 6) is 0.298. The van der Waals surface area contributed by atoms with Gasteiger partial charge >= 0.3 is 0 Å². The van der Waals surface area contributed by atoms with Crippen LogP contribution in [0.4, 0.5) is 0 Å². The molecule has 0 amide bonds. The van der Waals surface area contributed by atoms with Crippen molar-refractivity contribution in [3.05, 3.63) is 95.1 Å². The van der Waals surface area contributed by atoms with Gasteiger partial charge in [-0.15, -0.1) is 11.8 Å². The van der Waals surface area contributed by atoms with Gasteiger partial charge in [0.25, 0.3) is 0 Å². The van der Waals surface area contributed by atoms with Gasteiger partial charge in [-0.25, -0.2) is 0 Å². The molecule has 2 atom stereocenters. The first-order chi connectivity index (χ1) is 15.7. The topological polar surface area (TPSA) is 51.2 Å². The number of thioether (sulfide) groups is 1. The van der Waals surface area contributed by atoms with Gasteiger partial charge in [0.05, 0.1) is 10.8 Å². The molecule has 3 aromatic rings. The second-order valence-corrected chi connectivity index (χ2v) is 11.2. The molecule has 0 aliphatic heterocycles. The van der Waals surface area contributed by atoms with E-state index in [0.717, 1.165) is 15.4 Å². The molecular formula is C28H30O3S2. The van der Waals surface area contributed by atoms with Crippen molar-refractivity contribution in [1.82, 2.24) is 0 Å². The lowest BCUT2D eigenvalue weighted by Crippen LogP contribution is -2.24. The summed E-state index contributed by atoms with van der Waals surface area (Å²) in [6, 6.07) is 22.7. The molecule has 0 saturated carbocycles. The number of aryl methyl sites for hydroxylation is 2. The van der Waals surface area contributed by atoms with Gasteiger partial charge in [0.2, 0.25) is 0 Å². The summed E-state index contributed by atoms with van der Waals surface area (Å²) in [5, 5.41) is 0. The highest BCUT2D eigenvalue weighted by atomic mass is 32.2. The normalized spacial score (nSPS) is 13.0. The fourth-order valence-corrected chi connectivity index (χ4v) is 5.77. The molecule has 0 aliphatic carbocycles. The van der Waals surface area contributed by atoms with E-state index in [1.165, 1.54) is 5.56 Å². The van der Waals surface area contributed by atoms with E-state index in [0.29, 0.717) is 16.9 Å². The van der Waals surface area contributed by atoms with Crippen LogP contribution in [-0.2, 0) is 10.8 Å². The number of carbonyl (C=O) groups is 2. The summed E-state index contributed by atoms with van der Waals surface area (Å²) in [5.41, 5.74) is 3.44. The maximum atomic E-state index is 13.4. The van der Waals surface area contributed by atoms with Gasteiger partial charge in [-0.3, -0.25) is 13.8 Å². The quantitative estimate of drug-likeness (QED) is 0.245. The molecule has 3 nitrogen and oxygen atoms in total. The maximum Gasteiger partial charge on any atom is 0.167 e. The highest BCUT2D eigenvalue weighted by molar-refractivity contribution is 7.99. The Balaban J connectivity index is 1.80. The van der Waals surface area contributed by atoms with Crippen molar-refractivity contribution >= 4 is 34.1 Å². The van der Waals surface area contributed by atoms with Crippen LogP contribution in [0.2, 0.25) is 0 Å². The molecule has 0 heterocycles. The van der Waals surface area contributed by atoms with Crippen LogP contribution in [0, 0.1) is 25.7 Å². The third kappa shape index (κ3) is 6.99. The molecule has 0 bridgehead atoms. The largest absolute Gasteiger partial charge is 0.294 e. The molecule has 5 heteroatoms. The summed E-state index contributed by atoms with van der Waals surface area (Å²) in [6.45, 7) is 7.75. The van der Waals surface area contributed by atoms with Gasteiger partial charge in [-0.1, -0.05) is 73.5 Å². The second kappa shape index (κ2) is 11.6. The number of hydrogen-bond donors (Lipinski definition) is 0. The van der Waals surface area contributed by atoms with Crippen LogP contribution in [0.5, 0.6) is 0 Å². The molecule has 0 radical (unpaired) electrons. The van der Waals surface area contributed by atoms with Gasteiger partial charge in [-0.05, 0) is 38.1 Å². The first-order valence-corrected chi connectivity index (χ1v) is 13.4. The molecule has 172 valence electrons. The molecule has 0 spiro atoms. The molecular weight excluding hydrogens is 448 g/mol. The maximum absolute atomic E-state index is 13.4. The number of carbonyl (C=O) groups excluding carboxylic acids is 2. The fourth-order valence-electron chi connectivity index (χ4n) is 3.37. The van der Waals surface area contributed by atoms with Crippen LogP contribution in [0.15, 0.2) is 82.6 Å². The minimum atomic E-state index is -1.28. The molecule has 33 heavy (non-hydrogen) atoms. The van der Waals surface area contributed by atoms with Crippen LogP contribution in [0.25, 0.3) is 0 Å². The second-order valence-electron chi connectivity index (χ2n) is 8.61. The Morgan fingerprint density at radius 3 is 1.76 bits per heavy atom. The van der Waals surface area contributed by atoms with Crippen LogP contribution in [-0.4, -0.2) is 27.3 Å². The van der Waals surface area contributed by atoms with Crippen molar-refractivity contribution in [2.24, 2.45) is 11.8 Å². The van der Waals surface area contributed by atoms with Crippen LogP contribution >= 0.6 is 11.8 Å². The predicted octanol–water partition coefficient (Wildman–Crippen LogP) is 6.54. The van der Waals surface area contributed by atoms with E-state index in [-0.39, 0.29) is 23.2 Å². The Morgan fingerprint density at radius 1 is 0.758 bits per heavy atom. The summed E-state index contributed by atoms with van der Waals surface area (Å²) >= 11 is 1.60. The fraction of sp³-hybridized carbons (Fsp3) is 0.286. The van der Waals surface area contributed by atoms with Crippen molar-refractivity contribution in [2.75, 3.05) is 11.5 Å². The lowest BCUT2D eigenvalue weighted by Gasteiger charge is -2.16. The number of ketones is 2. The highest BCUT2D eigenvalue weighted by Crippen LogP contribution is 2.25. The third-order valence-corrected chi connectivity index (χ3v) is 8.14. The molecule has 0 aromatic heterocycles. The average Bonchev–Trinajstić information content (AvgIpc) is 2.82. The molecule has 0 N–H and O–H groups in total. The minimum absolute atomic E-state index is 0.0429.